The summed E-state index contributed by atoms with van der Waals surface area (Å²) in [7, 11) is 0. The Bertz CT molecular complexity index is 1310. The smallest absolute Gasteiger partial charge is 0.302 e. The molecule has 2 N–H and O–H groups in total. The number of amides is 1. The van der Waals surface area contributed by atoms with Gasteiger partial charge in [-0.2, -0.15) is 0 Å². The molecule has 1 amide bonds. The molecule has 1 fully saturated rings. The number of imidazole rings is 1. The van der Waals surface area contributed by atoms with Crippen LogP contribution in [0.5, 0.6) is 0 Å². The molecule has 1 unspecified atom stereocenters. The van der Waals surface area contributed by atoms with E-state index in [2.05, 4.69) is 15.0 Å². The number of hydrogen-bond donors (Lipinski definition) is 2. The van der Waals surface area contributed by atoms with Gasteiger partial charge in [-0.15, -0.1) is 0 Å². The van der Waals surface area contributed by atoms with Crippen LogP contribution in [0.3, 0.4) is 0 Å². The topological polar surface area (TPSA) is 112 Å². The van der Waals surface area contributed by atoms with Crippen LogP contribution >= 0.6 is 0 Å². The van der Waals surface area contributed by atoms with Gasteiger partial charge in [-0.25, -0.2) is 9.37 Å². The lowest BCUT2D eigenvalue weighted by Crippen LogP contribution is -2.30. The van der Waals surface area contributed by atoms with Gasteiger partial charge in [0.05, 0.1) is 22.9 Å². The number of fused-ring (bicyclic) bond motifs is 1. The fourth-order valence-electron chi connectivity index (χ4n) is 3.51. The van der Waals surface area contributed by atoms with E-state index in [0.717, 1.165) is 4.90 Å². The van der Waals surface area contributed by atoms with Crippen LogP contribution in [-0.4, -0.2) is 31.7 Å². The second-order valence-electron chi connectivity index (χ2n) is 6.64. The summed E-state index contributed by atoms with van der Waals surface area (Å²) in [6, 6.07) is 9.12. The maximum absolute atomic E-state index is 13.6. The van der Waals surface area contributed by atoms with E-state index in [1.165, 1.54) is 49.0 Å². The van der Waals surface area contributed by atoms with Crippen molar-refractivity contribution in [2.24, 2.45) is 0 Å². The molecule has 5 rings (SSSR count). The summed E-state index contributed by atoms with van der Waals surface area (Å²) in [6.45, 7) is 0. The molecule has 148 valence electrons. The summed E-state index contributed by atoms with van der Waals surface area (Å²) >= 11 is 0. The number of rotatable bonds is 3. The molecule has 3 aromatic heterocycles. The first kappa shape index (κ1) is 17.8. The largest absolute Gasteiger partial charge is 0.507 e. The minimum Gasteiger partial charge on any atom is -0.507 e. The normalized spacial score (nSPS) is 18.4. The maximum Gasteiger partial charge on any atom is 0.302 e. The fraction of sp³-hybridized carbons (Fsp3) is 0.0476. The minimum atomic E-state index is -1.06. The first-order chi connectivity index (χ1) is 14.5. The van der Waals surface area contributed by atoms with Crippen molar-refractivity contribution in [3.63, 3.8) is 0 Å². The molecule has 0 aliphatic carbocycles. The number of aromatic amines is 1. The predicted molar refractivity (Wildman–Crippen MR) is 104 cm³/mol. The molecular formula is C21H13FN4O4. The van der Waals surface area contributed by atoms with Crippen LogP contribution < -0.4 is 4.90 Å². The van der Waals surface area contributed by atoms with Crippen molar-refractivity contribution in [2.45, 2.75) is 6.04 Å². The molecule has 0 spiro atoms. The molecule has 4 aromatic rings. The second-order valence-corrected chi connectivity index (χ2v) is 6.64. The van der Waals surface area contributed by atoms with Crippen molar-refractivity contribution < 1.29 is 23.5 Å². The van der Waals surface area contributed by atoms with Gasteiger partial charge < -0.3 is 14.5 Å². The number of ketones is 1. The highest BCUT2D eigenvalue weighted by Gasteiger charge is 2.49. The number of Topliss-reactive ketones (excluding diaryl/α,β-unsaturated/α-hetero) is 1. The maximum atomic E-state index is 13.6. The lowest BCUT2D eigenvalue weighted by molar-refractivity contribution is -0.132. The number of carbonyl (C=O) groups is 2. The number of aliphatic hydroxyl groups is 1. The van der Waals surface area contributed by atoms with Crippen LogP contribution in [0.4, 0.5) is 10.3 Å². The Hall–Kier alpha value is -4.27. The average molecular weight is 404 g/mol. The van der Waals surface area contributed by atoms with Gasteiger partial charge in [-0.3, -0.25) is 19.5 Å². The zero-order chi connectivity index (χ0) is 20.8. The number of aromatic nitrogens is 3. The molecule has 4 heterocycles. The van der Waals surface area contributed by atoms with Crippen LogP contribution in [0, 0.1) is 5.82 Å². The number of pyridine rings is 1. The summed E-state index contributed by atoms with van der Waals surface area (Å²) in [5.41, 5.74) is 0.957. The van der Waals surface area contributed by atoms with E-state index in [0.29, 0.717) is 16.6 Å². The van der Waals surface area contributed by atoms with E-state index in [-0.39, 0.29) is 23.0 Å². The van der Waals surface area contributed by atoms with Crippen LogP contribution in [0.25, 0.3) is 16.8 Å². The summed E-state index contributed by atoms with van der Waals surface area (Å²) < 4.78 is 19.0. The number of benzene rings is 1. The van der Waals surface area contributed by atoms with Gasteiger partial charge >= 0.3 is 5.91 Å². The van der Waals surface area contributed by atoms with E-state index in [9.17, 15) is 19.1 Å². The van der Waals surface area contributed by atoms with E-state index in [4.69, 9.17) is 4.42 Å². The van der Waals surface area contributed by atoms with Gasteiger partial charge in [0.25, 0.3) is 5.78 Å². The quantitative estimate of drug-likeness (QED) is 0.308. The van der Waals surface area contributed by atoms with Gasteiger partial charge in [0.1, 0.15) is 23.4 Å². The summed E-state index contributed by atoms with van der Waals surface area (Å²) in [5.74, 6) is -2.32. The Morgan fingerprint density at radius 1 is 1.17 bits per heavy atom. The van der Waals surface area contributed by atoms with Crippen LogP contribution in [0.2, 0.25) is 0 Å². The fourth-order valence-corrected chi connectivity index (χ4v) is 3.51. The van der Waals surface area contributed by atoms with Crippen LogP contribution in [0.1, 0.15) is 17.4 Å². The molecule has 1 atom stereocenters. The molecule has 30 heavy (non-hydrogen) atoms. The zero-order valence-electron chi connectivity index (χ0n) is 15.2. The van der Waals surface area contributed by atoms with E-state index in [1.54, 1.807) is 12.1 Å². The Labute approximate surface area is 168 Å². The van der Waals surface area contributed by atoms with E-state index >= 15 is 0 Å². The summed E-state index contributed by atoms with van der Waals surface area (Å²) in [6.07, 6.45) is 4.32. The lowest BCUT2D eigenvalue weighted by Gasteiger charge is -2.20. The number of carbonyl (C=O) groups excluding carboxylic acids is 2. The number of nitrogens with zero attached hydrogens (tertiary/aromatic N) is 3. The van der Waals surface area contributed by atoms with Crippen molar-refractivity contribution in [3.8, 4) is 0 Å². The van der Waals surface area contributed by atoms with E-state index in [1.807, 2.05) is 0 Å². The molecule has 0 bridgehead atoms. The Morgan fingerprint density at radius 2 is 1.97 bits per heavy atom. The summed E-state index contributed by atoms with van der Waals surface area (Å²) in [4.78, 5) is 38.0. The van der Waals surface area contributed by atoms with Gasteiger partial charge in [-0.1, -0.05) is 0 Å². The Kier molecular flexibility index (Phi) is 3.95. The monoisotopic (exact) mass is 404 g/mol. The molecule has 1 aliphatic rings. The Balaban J connectivity index is 1.72. The van der Waals surface area contributed by atoms with Gasteiger partial charge in [0.15, 0.2) is 0 Å². The average Bonchev–Trinajstić information content (AvgIpc) is 3.47. The molecule has 1 aromatic carbocycles. The lowest BCUT2D eigenvalue weighted by atomic mass is 10.00. The first-order valence-electron chi connectivity index (χ1n) is 8.94. The van der Waals surface area contributed by atoms with Gasteiger partial charge in [0, 0.05) is 18.0 Å². The number of nitrogens with one attached hydrogen (secondary N) is 1. The molecular weight excluding hydrogens is 391 g/mol. The molecule has 0 saturated carbocycles. The molecule has 1 saturated heterocycles. The minimum absolute atomic E-state index is 0.0351. The molecule has 8 nitrogen and oxygen atoms in total. The number of hydrogen-bond acceptors (Lipinski definition) is 6. The number of aliphatic hydroxyl groups excluding tert-OH is 1. The number of halogens is 1. The predicted octanol–water partition coefficient (Wildman–Crippen LogP) is 3.32. The third-order valence-corrected chi connectivity index (χ3v) is 4.87. The highest BCUT2D eigenvalue weighted by Crippen LogP contribution is 2.41. The highest BCUT2D eigenvalue weighted by atomic mass is 19.1. The standard InChI is InChI=1S/C21H13FN4O4/c22-12-3-4-13-14(10-12)25-21(24-13)26-17(15-2-1-9-30-15)16(19(28)20(26)29)18(27)11-5-7-23-8-6-11/h1-10,17,27H,(H,24,25)/b18-16+. The number of anilines is 1. The highest BCUT2D eigenvalue weighted by molar-refractivity contribution is 6.51. The van der Waals surface area contributed by atoms with Crippen molar-refractivity contribution in [3.05, 3.63) is 83.8 Å². The van der Waals surface area contributed by atoms with Gasteiger partial charge in [-0.05, 0) is 42.5 Å². The first-order valence-corrected chi connectivity index (χ1v) is 8.94. The van der Waals surface area contributed by atoms with Crippen LogP contribution in [0.15, 0.2) is 71.1 Å². The van der Waals surface area contributed by atoms with Crippen molar-refractivity contribution in [1.29, 1.82) is 0 Å². The third-order valence-electron chi connectivity index (χ3n) is 4.87. The number of H-pyrrole nitrogens is 1. The van der Waals surface area contributed by atoms with E-state index < -0.39 is 23.5 Å². The van der Waals surface area contributed by atoms with Crippen LogP contribution in [-0.2, 0) is 9.59 Å². The SMILES string of the molecule is O=C1C(=O)N(c2nc3ccc(F)cc3[nH]2)C(c2ccco2)/C1=C(\O)c1ccncc1. The third kappa shape index (κ3) is 2.67. The summed E-state index contributed by atoms with van der Waals surface area (Å²) in [5, 5.41) is 10.8. The van der Waals surface area contributed by atoms with Crippen molar-refractivity contribution in [1.82, 2.24) is 15.0 Å². The van der Waals surface area contributed by atoms with Crippen molar-refractivity contribution >= 4 is 34.4 Å². The second kappa shape index (κ2) is 6.66. The Morgan fingerprint density at radius 3 is 2.70 bits per heavy atom. The van der Waals surface area contributed by atoms with Crippen molar-refractivity contribution in [2.75, 3.05) is 4.90 Å². The molecule has 1 aliphatic heterocycles. The number of furan rings is 1. The van der Waals surface area contributed by atoms with Gasteiger partial charge in [0.2, 0.25) is 5.95 Å². The zero-order valence-corrected chi connectivity index (χ0v) is 15.2. The molecule has 0 radical (unpaired) electrons. The molecule has 9 heteroatoms.